The summed E-state index contributed by atoms with van der Waals surface area (Å²) in [6.07, 6.45) is 11.1. The van der Waals surface area contributed by atoms with Gasteiger partial charge in [0.25, 0.3) is 5.78 Å². The zero-order valence-electron chi connectivity index (χ0n) is 28.9. The highest BCUT2D eigenvalue weighted by atomic mass is 35.8. The second kappa shape index (κ2) is 21.8. The Bertz CT molecular complexity index is 2180. The van der Waals surface area contributed by atoms with Crippen molar-refractivity contribution < 1.29 is 38.1 Å². The average molecular weight is 844 g/mol. The molecule has 18 nitrogen and oxygen atoms in total. The van der Waals surface area contributed by atoms with Crippen molar-refractivity contribution >= 4 is 97.9 Å². The number of aryl methyl sites for hydroxylation is 2. The third-order valence-corrected chi connectivity index (χ3v) is 6.89. The maximum absolute atomic E-state index is 12.2. The molecule has 0 bridgehead atoms. The Balaban J connectivity index is 0.000000295. The van der Waals surface area contributed by atoms with Crippen LogP contribution in [0.15, 0.2) is 43.5 Å². The molecule has 0 radical (unpaired) electrons. The fourth-order valence-corrected chi connectivity index (χ4v) is 4.44. The quantitative estimate of drug-likeness (QED) is 0.0640. The number of pyridine rings is 2. The van der Waals surface area contributed by atoms with Crippen molar-refractivity contribution in [1.29, 1.82) is 0 Å². The number of esters is 2. The van der Waals surface area contributed by atoms with Crippen molar-refractivity contribution in [2.75, 3.05) is 28.4 Å². The summed E-state index contributed by atoms with van der Waals surface area (Å²) in [5.41, 5.74) is 1.55. The summed E-state index contributed by atoms with van der Waals surface area (Å²) in [6, 6.07) is 1.96. The molecule has 0 aliphatic rings. The first-order valence-electron chi connectivity index (χ1n) is 15.0. The first-order chi connectivity index (χ1) is 25.3. The van der Waals surface area contributed by atoms with E-state index in [-0.39, 0.29) is 13.0 Å². The number of hydrogen-bond acceptors (Lipinski definition) is 14. The minimum atomic E-state index is -1.72. The summed E-state index contributed by atoms with van der Waals surface area (Å²) in [4.78, 5) is 66.4. The average Bonchev–Trinajstić information content (AvgIpc) is 4.00. The smallest absolute Gasteiger partial charge is 0.494 e. The number of methoxy groups -OCH3 is 4. The highest BCUT2D eigenvalue weighted by molar-refractivity contribution is 7.54. The van der Waals surface area contributed by atoms with E-state index >= 15 is 0 Å². The molecule has 6 aromatic heterocycles. The van der Waals surface area contributed by atoms with Gasteiger partial charge < -0.3 is 28.9 Å². The Morgan fingerprint density at radius 1 is 0.759 bits per heavy atom. The van der Waals surface area contributed by atoms with Crippen molar-refractivity contribution in [2.24, 2.45) is 0 Å². The van der Waals surface area contributed by atoms with Gasteiger partial charge in [0.1, 0.15) is 24.2 Å². The molecule has 6 rings (SSSR count). The molecule has 6 aromatic rings. The summed E-state index contributed by atoms with van der Waals surface area (Å²) in [5, 5.41) is 9.01. The van der Waals surface area contributed by atoms with Gasteiger partial charge in [0.2, 0.25) is 0 Å². The number of ether oxygens (including phenoxy) is 4. The number of aromatic amines is 2. The molecule has 0 fully saturated rings. The van der Waals surface area contributed by atoms with Crippen molar-refractivity contribution in [3.05, 3.63) is 60.7 Å². The Morgan fingerprint density at radius 3 is 1.69 bits per heavy atom. The van der Waals surface area contributed by atoms with Gasteiger partial charge in [-0.25, -0.2) is 69.0 Å². The molecule has 0 aromatic carbocycles. The van der Waals surface area contributed by atoms with Crippen LogP contribution in [0.5, 0.6) is 11.5 Å². The first kappa shape index (κ1) is 45.4. The van der Waals surface area contributed by atoms with Gasteiger partial charge in [-0.05, 0) is 17.7 Å². The van der Waals surface area contributed by atoms with Crippen LogP contribution < -0.4 is 9.47 Å². The Labute approximate surface area is 330 Å². The van der Waals surface area contributed by atoms with Crippen LogP contribution >= 0.6 is 41.7 Å². The molecule has 0 unspecified atom stereocenters. The van der Waals surface area contributed by atoms with Crippen LogP contribution in [0.4, 0.5) is 0 Å². The summed E-state index contributed by atoms with van der Waals surface area (Å²) < 4.78 is 22.1. The van der Waals surface area contributed by atoms with Crippen LogP contribution in [0.3, 0.4) is 0 Å². The SMILES string of the molecule is C.CCc1ncn(-c2ncc(OC)c3c(C(=O)C(=O)OC)c[nH]c23)n1.CCc1ncn(-c2ncc(OC)c3cc[nH]c23)n1.COC(=O)C(=O)Cl.[Cl][Al]([Cl])[Cl]. The lowest BCUT2D eigenvalue weighted by atomic mass is 10.1. The number of Topliss-reactive ketones (excluding diaryl/α,β-unsaturated/α-hetero) is 1. The topological polar surface area (TPSA) is 224 Å². The van der Waals surface area contributed by atoms with Crippen LogP contribution in [-0.4, -0.2) is 112 Å². The third kappa shape index (κ3) is 11.4. The fraction of sp³-hybridized carbons (Fsp3) is 0.290. The molecule has 0 aliphatic carbocycles. The number of ketones is 1. The van der Waals surface area contributed by atoms with Crippen LogP contribution in [0, 0.1) is 0 Å². The van der Waals surface area contributed by atoms with Gasteiger partial charge in [0.15, 0.2) is 23.3 Å². The van der Waals surface area contributed by atoms with Crippen LogP contribution in [0.1, 0.15) is 43.3 Å². The maximum Gasteiger partial charge on any atom is 0.643 e. The standard InChI is InChI=1S/C15H15N5O4.C12H13N5O.C3H3ClO3.CH4.Al.3ClH/c1-4-10-18-7-20(19-10)14-12-11(9(23-2)6-17-14)8(5-16-12)13(21)15(22)24-3;1-3-10-15-7-17(16-10)12-11-8(4-5-13-11)9(18-2)6-14-12;1-7-3(6)2(4)5;;;;;/h5-7,16H,4H2,1-3H3;4-7,13H,3H2,1-2H3;1H3;1H4;;3*1H/q;;;;+3;;;/p-3. The molecule has 23 heteroatoms. The normalized spacial score (nSPS) is 9.96. The van der Waals surface area contributed by atoms with E-state index in [2.05, 4.69) is 61.2 Å². The zero-order chi connectivity index (χ0) is 39.2. The van der Waals surface area contributed by atoms with Gasteiger partial charge in [0, 0.05) is 30.6 Å². The second-order valence-electron chi connectivity index (χ2n) is 9.77. The van der Waals surface area contributed by atoms with E-state index in [1.165, 1.54) is 30.5 Å². The highest BCUT2D eigenvalue weighted by Crippen LogP contribution is 2.32. The predicted octanol–water partition coefficient (Wildman–Crippen LogP) is 5.03. The van der Waals surface area contributed by atoms with E-state index in [0.29, 0.717) is 34.7 Å². The van der Waals surface area contributed by atoms with E-state index in [1.54, 1.807) is 24.3 Å². The van der Waals surface area contributed by atoms with Gasteiger partial charge >= 0.3 is 28.6 Å². The second-order valence-corrected chi connectivity index (χ2v) is 16.5. The molecular formula is C31H35AlCl4N10O8. The number of rotatable bonds is 9. The molecule has 0 atom stereocenters. The van der Waals surface area contributed by atoms with Gasteiger partial charge in [0.05, 0.1) is 62.8 Å². The molecule has 288 valence electrons. The third-order valence-electron chi connectivity index (χ3n) is 6.74. The number of hydrogen-bond donors (Lipinski definition) is 2. The molecule has 0 saturated carbocycles. The first-order valence-corrected chi connectivity index (χ1v) is 20.6. The molecule has 2 N–H and O–H groups in total. The van der Waals surface area contributed by atoms with Crippen molar-refractivity contribution in [1.82, 2.24) is 49.5 Å². The van der Waals surface area contributed by atoms with Gasteiger partial charge in [-0.1, -0.05) is 21.3 Å². The minimum Gasteiger partial charge on any atom is -0.494 e. The van der Waals surface area contributed by atoms with Crippen LogP contribution in [-0.2, 0) is 36.7 Å². The summed E-state index contributed by atoms with van der Waals surface area (Å²) in [7, 11) is 20.2. The van der Waals surface area contributed by atoms with E-state index in [9.17, 15) is 19.2 Å². The Morgan fingerprint density at radius 2 is 1.26 bits per heavy atom. The molecule has 0 aliphatic heterocycles. The van der Waals surface area contributed by atoms with Crippen molar-refractivity contribution in [3.8, 4) is 23.1 Å². The van der Waals surface area contributed by atoms with Crippen molar-refractivity contribution in [3.63, 3.8) is 0 Å². The number of nitrogens with one attached hydrogen (secondary N) is 2. The lowest BCUT2D eigenvalue weighted by Gasteiger charge is -2.07. The number of aromatic nitrogens is 10. The van der Waals surface area contributed by atoms with E-state index in [0.717, 1.165) is 48.9 Å². The van der Waals surface area contributed by atoms with E-state index < -0.39 is 34.3 Å². The monoisotopic (exact) mass is 842 g/mol. The number of carbonyl (C=O) groups excluding carboxylic acids is 4. The number of fused-ring (bicyclic) bond motifs is 2. The van der Waals surface area contributed by atoms with Crippen LogP contribution in [0.2, 0.25) is 0 Å². The Hall–Kier alpha value is -4.77. The minimum absolute atomic E-state index is 0. The van der Waals surface area contributed by atoms with E-state index in [1.807, 2.05) is 26.1 Å². The molecular weight excluding hydrogens is 809 g/mol. The zero-order valence-corrected chi connectivity index (χ0v) is 33.1. The number of nitrogens with zero attached hydrogens (tertiary/aromatic N) is 8. The molecule has 0 amide bonds. The predicted molar refractivity (Wildman–Crippen MR) is 203 cm³/mol. The van der Waals surface area contributed by atoms with E-state index in [4.69, 9.17) is 39.6 Å². The molecule has 54 heavy (non-hydrogen) atoms. The molecule has 0 spiro atoms. The number of H-pyrrole nitrogens is 2. The molecule has 6 heterocycles. The summed E-state index contributed by atoms with van der Waals surface area (Å²) in [5.74, 6) is 0.985. The number of halogens is 4. The summed E-state index contributed by atoms with van der Waals surface area (Å²) >= 11 is 2.89. The van der Waals surface area contributed by atoms with Gasteiger partial charge in [-0.15, -0.1) is 10.2 Å². The van der Waals surface area contributed by atoms with Crippen molar-refractivity contribution in [2.45, 2.75) is 34.1 Å². The van der Waals surface area contributed by atoms with Gasteiger partial charge in [-0.2, -0.15) is 0 Å². The number of carbonyl (C=O) groups is 4. The maximum atomic E-state index is 12.2. The lowest BCUT2D eigenvalue weighted by molar-refractivity contribution is -0.148. The lowest BCUT2D eigenvalue weighted by Crippen LogP contribution is -2.15. The van der Waals surface area contributed by atoms with Gasteiger partial charge in [-0.3, -0.25) is 9.59 Å². The highest BCUT2D eigenvalue weighted by Gasteiger charge is 2.25. The summed E-state index contributed by atoms with van der Waals surface area (Å²) in [6.45, 7) is 3.96. The Kier molecular flexibility index (Phi) is 18.3. The largest absolute Gasteiger partial charge is 0.643 e. The molecule has 0 saturated heterocycles. The van der Waals surface area contributed by atoms with Crippen LogP contribution in [0.25, 0.3) is 33.4 Å². The fourth-order valence-electron chi connectivity index (χ4n) is 4.37.